The largest absolute Gasteiger partial charge is 0.463 e. The fraction of sp³-hybridized carbons (Fsp3) is 0.458. The maximum absolute atomic E-state index is 11.2. The van der Waals surface area contributed by atoms with Crippen molar-refractivity contribution in [2.75, 3.05) is 18.5 Å². The van der Waals surface area contributed by atoms with Gasteiger partial charge in [-0.3, -0.25) is 0 Å². The highest BCUT2D eigenvalue weighted by Gasteiger charge is 1.95. The number of unbranched alkanes of at least 4 members (excludes halogenated alkanes) is 7. The molecular weight excluding hydrogens is 334 g/mol. The monoisotopic (exact) mass is 369 g/mol. The summed E-state index contributed by atoms with van der Waals surface area (Å²) in [7, 11) is 0. The maximum Gasteiger partial charge on any atom is 0.330 e. The van der Waals surface area contributed by atoms with Crippen LogP contribution in [0.15, 0.2) is 55.1 Å². The quantitative estimate of drug-likeness (QED) is 0.125. The molecule has 0 unspecified atom stereocenters. The molecule has 0 fully saturated rings. The minimum absolute atomic E-state index is 0.311. The van der Waals surface area contributed by atoms with Crippen LogP contribution in [-0.4, -0.2) is 19.1 Å². The predicted octanol–water partition coefficient (Wildman–Crippen LogP) is 6.54. The van der Waals surface area contributed by atoms with E-state index >= 15 is 0 Å². The number of anilines is 1. The summed E-state index contributed by atoms with van der Waals surface area (Å²) >= 11 is 0. The smallest absolute Gasteiger partial charge is 0.330 e. The molecule has 1 N–H and O–H groups in total. The number of nitrogens with one attached hydrogen (secondary N) is 1. The second-order valence-corrected chi connectivity index (χ2v) is 6.57. The molecule has 0 aliphatic heterocycles. The lowest BCUT2D eigenvalue weighted by atomic mass is 10.1. The molecule has 0 aliphatic rings. The van der Waals surface area contributed by atoms with Crippen molar-refractivity contribution >= 4 is 17.7 Å². The summed E-state index contributed by atoms with van der Waals surface area (Å²) in [5.41, 5.74) is 2.24. The van der Waals surface area contributed by atoms with E-state index in [1.54, 1.807) is 13.0 Å². The Kier molecular flexibility index (Phi) is 13.4. The summed E-state index contributed by atoms with van der Waals surface area (Å²) in [6, 6.07) is 8.30. The van der Waals surface area contributed by atoms with E-state index in [2.05, 4.69) is 24.0 Å². The van der Waals surface area contributed by atoms with Gasteiger partial charge >= 0.3 is 5.97 Å². The zero-order valence-corrected chi connectivity index (χ0v) is 16.8. The van der Waals surface area contributed by atoms with Crippen LogP contribution in [0.1, 0.15) is 63.9 Å². The van der Waals surface area contributed by atoms with Crippen molar-refractivity contribution in [2.24, 2.45) is 0 Å². The van der Waals surface area contributed by atoms with Crippen molar-refractivity contribution < 1.29 is 9.53 Å². The van der Waals surface area contributed by atoms with Gasteiger partial charge < -0.3 is 10.1 Å². The van der Waals surface area contributed by atoms with Gasteiger partial charge in [0.05, 0.1) is 6.61 Å². The van der Waals surface area contributed by atoms with Crippen LogP contribution >= 0.6 is 0 Å². The third kappa shape index (κ3) is 12.7. The van der Waals surface area contributed by atoms with Crippen molar-refractivity contribution in [3.63, 3.8) is 0 Å². The molecule has 148 valence electrons. The Morgan fingerprint density at radius 3 is 2.56 bits per heavy atom. The Hall–Kier alpha value is -2.29. The molecule has 1 aromatic rings. The van der Waals surface area contributed by atoms with Crippen LogP contribution in [0, 0.1) is 0 Å². The van der Waals surface area contributed by atoms with E-state index in [9.17, 15) is 4.79 Å². The van der Waals surface area contributed by atoms with Gasteiger partial charge in [0.25, 0.3) is 0 Å². The number of hydrogen-bond donors (Lipinski definition) is 1. The zero-order valence-electron chi connectivity index (χ0n) is 16.8. The molecule has 1 aromatic carbocycles. The summed E-state index contributed by atoms with van der Waals surface area (Å²) in [4.78, 5) is 11.2. The maximum atomic E-state index is 11.2. The van der Waals surface area contributed by atoms with Crippen molar-refractivity contribution in [1.82, 2.24) is 0 Å². The summed E-state index contributed by atoms with van der Waals surface area (Å²) in [5.74, 6) is -0.311. The van der Waals surface area contributed by atoms with Crippen LogP contribution in [0.5, 0.6) is 0 Å². The van der Waals surface area contributed by atoms with Crippen molar-refractivity contribution in [2.45, 2.75) is 58.3 Å². The molecule has 0 amide bonds. The highest BCUT2D eigenvalue weighted by molar-refractivity contribution is 5.82. The van der Waals surface area contributed by atoms with Gasteiger partial charge in [-0.05, 0) is 43.9 Å². The first-order valence-electron chi connectivity index (χ1n) is 10.2. The average Bonchev–Trinajstić information content (AvgIpc) is 2.67. The van der Waals surface area contributed by atoms with Crippen LogP contribution < -0.4 is 5.32 Å². The molecule has 0 saturated carbocycles. The van der Waals surface area contributed by atoms with E-state index in [1.165, 1.54) is 51.0 Å². The molecule has 3 nitrogen and oxygen atoms in total. The lowest BCUT2D eigenvalue weighted by molar-refractivity contribution is -0.137. The van der Waals surface area contributed by atoms with Crippen molar-refractivity contribution in [3.05, 3.63) is 60.7 Å². The second kappa shape index (κ2) is 15.9. The molecule has 0 bridgehead atoms. The fourth-order valence-electron chi connectivity index (χ4n) is 2.77. The minimum atomic E-state index is -0.311. The van der Waals surface area contributed by atoms with Gasteiger partial charge in [0.2, 0.25) is 0 Å². The van der Waals surface area contributed by atoms with Gasteiger partial charge in [-0.1, -0.05) is 68.5 Å². The Bertz CT molecular complexity index is 590. The normalized spacial score (nSPS) is 11.1. The Balaban J connectivity index is 2.19. The average molecular weight is 370 g/mol. The van der Waals surface area contributed by atoms with Gasteiger partial charge in [-0.2, -0.15) is 0 Å². The van der Waals surface area contributed by atoms with Gasteiger partial charge in [0.15, 0.2) is 0 Å². The predicted molar refractivity (Wildman–Crippen MR) is 117 cm³/mol. The summed E-state index contributed by atoms with van der Waals surface area (Å²) in [6.07, 6.45) is 19.3. The molecule has 0 atom stereocenters. The van der Waals surface area contributed by atoms with Gasteiger partial charge in [0, 0.05) is 18.3 Å². The van der Waals surface area contributed by atoms with E-state index in [1.807, 2.05) is 30.4 Å². The lowest BCUT2D eigenvalue weighted by Crippen LogP contribution is -2.01. The first-order valence-corrected chi connectivity index (χ1v) is 10.2. The molecule has 0 spiro atoms. The molecule has 0 aromatic heterocycles. The highest BCUT2D eigenvalue weighted by atomic mass is 16.5. The third-order valence-electron chi connectivity index (χ3n) is 4.22. The van der Waals surface area contributed by atoms with Gasteiger partial charge in [0.1, 0.15) is 0 Å². The Morgan fingerprint density at radius 2 is 1.81 bits per heavy atom. The zero-order chi connectivity index (χ0) is 19.6. The number of hydrogen-bond acceptors (Lipinski definition) is 3. The molecule has 0 heterocycles. The minimum Gasteiger partial charge on any atom is -0.463 e. The highest BCUT2D eigenvalue weighted by Crippen LogP contribution is 2.13. The molecule has 0 aliphatic carbocycles. The van der Waals surface area contributed by atoms with Crippen molar-refractivity contribution in [1.29, 1.82) is 0 Å². The van der Waals surface area contributed by atoms with E-state index < -0.39 is 0 Å². The summed E-state index contributed by atoms with van der Waals surface area (Å²) in [5, 5.41) is 3.49. The topological polar surface area (TPSA) is 38.3 Å². The molecule has 0 saturated heterocycles. The second-order valence-electron chi connectivity index (χ2n) is 6.57. The standard InChI is InChI=1S/C24H35NO2/c1-3-5-6-7-8-9-10-11-14-20-25-23-18-15-17-22(21-23)16-12-13-19-24(26)27-4-2/h3,12-13,15-19,21,25H,1,4-11,14,20H2,2H3/b16-12+,19-13+. The first kappa shape index (κ1) is 22.8. The molecule has 3 heteroatoms. The molecule has 1 rings (SSSR count). The third-order valence-corrected chi connectivity index (χ3v) is 4.22. The molecule has 27 heavy (non-hydrogen) atoms. The van der Waals surface area contributed by atoms with E-state index in [4.69, 9.17) is 4.74 Å². The van der Waals surface area contributed by atoms with E-state index in [0.717, 1.165) is 24.2 Å². The lowest BCUT2D eigenvalue weighted by Gasteiger charge is -2.07. The van der Waals surface area contributed by atoms with Gasteiger partial charge in [-0.25, -0.2) is 4.79 Å². The molecular formula is C24H35NO2. The summed E-state index contributed by atoms with van der Waals surface area (Å²) < 4.78 is 4.84. The van der Waals surface area contributed by atoms with Crippen molar-refractivity contribution in [3.8, 4) is 0 Å². The number of rotatable bonds is 15. The van der Waals surface area contributed by atoms with E-state index in [0.29, 0.717) is 6.61 Å². The number of ether oxygens (including phenoxy) is 1. The van der Waals surface area contributed by atoms with Crippen LogP contribution in [0.25, 0.3) is 6.08 Å². The SMILES string of the molecule is C=CCCCCCCCCCNc1cccc(/C=C/C=C/C(=O)OCC)c1. The number of allylic oxidation sites excluding steroid dienone is 3. The molecule has 0 radical (unpaired) electrons. The number of benzene rings is 1. The van der Waals surface area contributed by atoms with Crippen LogP contribution in [0.4, 0.5) is 5.69 Å². The van der Waals surface area contributed by atoms with Gasteiger partial charge in [-0.15, -0.1) is 6.58 Å². The van der Waals surface area contributed by atoms with E-state index in [-0.39, 0.29) is 5.97 Å². The number of carbonyl (C=O) groups is 1. The Labute approximate surface area is 165 Å². The fourth-order valence-corrected chi connectivity index (χ4v) is 2.77. The number of esters is 1. The van der Waals surface area contributed by atoms with Crippen LogP contribution in [0.3, 0.4) is 0 Å². The van der Waals surface area contributed by atoms with Crippen LogP contribution in [0.2, 0.25) is 0 Å². The first-order chi connectivity index (χ1) is 13.3. The van der Waals surface area contributed by atoms with Crippen LogP contribution in [-0.2, 0) is 9.53 Å². The number of carbonyl (C=O) groups excluding carboxylic acids is 1. The Morgan fingerprint density at radius 1 is 1.07 bits per heavy atom. The summed E-state index contributed by atoms with van der Waals surface area (Å²) in [6.45, 7) is 6.96.